The molecule has 0 fully saturated rings. The number of hydrogen-bond donors (Lipinski definition) is 0. The van der Waals surface area contributed by atoms with Crippen molar-refractivity contribution in [3.63, 3.8) is 0 Å². The molecule has 0 saturated heterocycles. The van der Waals surface area contributed by atoms with Crippen molar-refractivity contribution in [3.05, 3.63) is 12.0 Å². The van der Waals surface area contributed by atoms with Crippen LogP contribution in [0.4, 0.5) is 13.3 Å². The zero-order chi connectivity index (χ0) is 6.15. The summed E-state index contributed by atoms with van der Waals surface area (Å²) in [4.78, 5) is 6.49. The third kappa shape index (κ3) is 0.583. The second-order valence-corrected chi connectivity index (χ2v) is 0.967. The van der Waals surface area contributed by atoms with E-state index in [2.05, 4.69) is 9.88 Å². The van der Waals surface area contributed by atoms with E-state index in [1.165, 1.54) is 0 Å². The van der Waals surface area contributed by atoms with E-state index in [1.54, 1.807) is 0 Å². The standard InChI is InChI=1S/C2F3NO2/c3-1-2(4)7-8-6(1)5. The van der Waals surface area contributed by atoms with Crippen molar-refractivity contribution in [2.24, 2.45) is 0 Å². The number of hydrogen-bond acceptors (Lipinski definition) is 3. The van der Waals surface area contributed by atoms with Crippen molar-refractivity contribution in [1.82, 2.24) is 5.29 Å². The number of hydroxylamine groups is 1. The lowest BCUT2D eigenvalue weighted by atomic mass is 10.9. The maximum absolute atomic E-state index is 11.5. The maximum atomic E-state index is 11.5. The summed E-state index contributed by atoms with van der Waals surface area (Å²) in [7, 11) is 0. The quantitative estimate of drug-likeness (QED) is 0.276. The van der Waals surface area contributed by atoms with Crippen LogP contribution in [0.2, 0.25) is 0 Å². The number of rotatable bonds is 0. The Morgan fingerprint density at radius 3 is 2.12 bits per heavy atom. The first-order valence-electron chi connectivity index (χ1n) is 1.57. The molecule has 3 nitrogen and oxygen atoms in total. The lowest BCUT2D eigenvalue weighted by molar-refractivity contribution is -0.432. The van der Waals surface area contributed by atoms with Gasteiger partial charge in [0.15, 0.2) is 0 Å². The molecule has 0 spiro atoms. The zero-order valence-corrected chi connectivity index (χ0v) is 3.40. The van der Waals surface area contributed by atoms with E-state index in [0.29, 0.717) is 0 Å². The summed E-state index contributed by atoms with van der Waals surface area (Å²) in [6, 6.07) is -1.72. The van der Waals surface area contributed by atoms with Gasteiger partial charge in [0, 0.05) is 0 Å². The van der Waals surface area contributed by atoms with Gasteiger partial charge in [0.1, 0.15) is 0 Å². The molecule has 0 aromatic heterocycles. The van der Waals surface area contributed by atoms with Crippen LogP contribution in [0, 0.1) is 0 Å². The molecule has 1 heterocycles. The second kappa shape index (κ2) is 1.55. The molecule has 0 bridgehead atoms. The van der Waals surface area contributed by atoms with E-state index in [-0.39, 0.29) is 0 Å². The molecule has 1 aliphatic heterocycles. The highest BCUT2D eigenvalue weighted by molar-refractivity contribution is 4.87. The summed E-state index contributed by atoms with van der Waals surface area (Å²) >= 11 is 0. The molecule has 8 heavy (non-hydrogen) atoms. The minimum absolute atomic E-state index is 0.963. The molecular weight excluding hydrogens is 127 g/mol. The van der Waals surface area contributed by atoms with Gasteiger partial charge in [0.05, 0.1) is 0 Å². The van der Waals surface area contributed by atoms with Crippen molar-refractivity contribution in [1.29, 1.82) is 0 Å². The average Bonchev–Trinajstić information content (AvgIpc) is 1.98. The minimum Gasteiger partial charge on any atom is -0.275 e. The van der Waals surface area contributed by atoms with Crippen LogP contribution >= 0.6 is 0 Å². The Hall–Kier alpha value is -0.910. The molecule has 0 aromatic carbocycles. The van der Waals surface area contributed by atoms with Crippen LogP contribution in [0.3, 0.4) is 0 Å². The highest BCUT2D eigenvalue weighted by Crippen LogP contribution is 2.22. The average molecular weight is 127 g/mol. The Morgan fingerprint density at radius 1 is 1.38 bits per heavy atom. The third-order valence-electron chi connectivity index (χ3n) is 0.492. The lowest BCUT2D eigenvalue weighted by Gasteiger charge is -1.92. The first-order chi connectivity index (χ1) is 3.72. The lowest BCUT2D eigenvalue weighted by Crippen LogP contribution is -2.01. The van der Waals surface area contributed by atoms with Crippen LogP contribution in [0.1, 0.15) is 0 Å². The van der Waals surface area contributed by atoms with E-state index < -0.39 is 17.2 Å². The fourth-order valence-electron chi connectivity index (χ4n) is 0.202. The monoisotopic (exact) mass is 127 g/mol. The van der Waals surface area contributed by atoms with Crippen LogP contribution in [0.25, 0.3) is 0 Å². The molecule has 0 N–H and O–H groups in total. The van der Waals surface area contributed by atoms with Gasteiger partial charge in [-0.3, -0.25) is 4.89 Å². The van der Waals surface area contributed by atoms with Gasteiger partial charge in [-0.05, 0) is 10.3 Å². The molecule has 0 atom stereocenters. The van der Waals surface area contributed by atoms with Crippen molar-refractivity contribution in [2.75, 3.05) is 0 Å². The molecule has 0 aromatic rings. The smallest absolute Gasteiger partial charge is 0.275 e. The largest absolute Gasteiger partial charge is 0.372 e. The molecular formula is C2F3NO2. The van der Waals surface area contributed by atoms with Crippen molar-refractivity contribution >= 4 is 0 Å². The summed E-state index contributed by atoms with van der Waals surface area (Å²) in [6.45, 7) is 0. The van der Waals surface area contributed by atoms with E-state index >= 15 is 0 Å². The summed E-state index contributed by atoms with van der Waals surface area (Å²) in [5.41, 5.74) is 0. The molecule has 0 amide bonds. The van der Waals surface area contributed by atoms with Crippen molar-refractivity contribution in [3.8, 4) is 0 Å². The Balaban J connectivity index is 2.71. The molecule has 0 unspecified atom stereocenters. The predicted octanol–water partition coefficient (Wildman–Crippen LogP) is 1.12. The van der Waals surface area contributed by atoms with Gasteiger partial charge in [-0.15, -0.1) is 0 Å². The Kier molecular flexibility index (Phi) is 1.01. The topological polar surface area (TPSA) is 21.7 Å². The Labute approximate surface area is 41.7 Å². The normalized spacial score (nSPS) is 19.6. The second-order valence-electron chi connectivity index (χ2n) is 0.967. The summed E-state index contributed by atoms with van der Waals surface area (Å²) < 4.78 is 34.3. The van der Waals surface area contributed by atoms with Gasteiger partial charge in [-0.2, -0.15) is 8.78 Å². The highest BCUT2D eigenvalue weighted by Gasteiger charge is 2.27. The van der Waals surface area contributed by atoms with Crippen molar-refractivity contribution in [2.45, 2.75) is 0 Å². The van der Waals surface area contributed by atoms with Gasteiger partial charge in [0.25, 0.3) is 0 Å². The first-order valence-corrected chi connectivity index (χ1v) is 1.57. The Bertz CT molecular complexity index is 135. The SMILES string of the molecule is FC1=C(F)N(F)OO1. The number of nitrogens with zero attached hydrogens (tertiary/aromatic N) is 1. The maximum Gasteiger partial charge on any atom is 0.372 e. The molecule has 1 rings (SSSR count). The fourth-order valence-corrected chi connectivity index (χ4v) is 0.202. The Morgan fingerprint density at radius 2 is 2.00 bits per heavy atom. The fraction of sp³-hybridized carbons (Fsp3) is 0. The molecule has 0 aliphatic carbocycles. The summed E-state index contributed by atoms with van der Waals surface area (Å²) in [6.07, 6.45) is 0. The number of halogens is 3. The van der Waals surface area contributed by atoms with E-state index in [0.717, 1.165) is 0 Å². The van der Waals surface area contributed by atoms with Crippen molar-refractivity contribution < 1.29 is 23.1 Å². The van der Waals surface area contributed by atoms with Gasteiger partial charge >= 0.3 is 12.0 Å². The summed E-state index contributed by atoms with van der Waals surface area (Å²) in [5, 5.41) is -0.963. The van der Waals surface area contributed by atoms with E-state index in [4.69, 9.17) is 0 Å². The van der Waals surface area contributed by atoms with Gasteiger partial charge in [0.2, 0.25) is 0 Å². The zero-order valence-electron chi connectivity index (χ0n) is 3.40. The minimum atomic E-state index is -1.81. The van der Waals surface area contributed by atoms with Gasteiger partial charge in [-0.1, -0.05) is 4.48 Å². The van der Waals surface area contributed by atoms with Crippen LogP contribution < -0.4 is 0 Å². The van der Waals surface area contributed by atoms with Crippen LogP contribution in [-0.2, 0) is 9.88 Å². The molecule has 46 valence electrons. The molecule has 1 aliphatic rings. The molecule has 0 radical (unpaired) electrons. The van der Waals surface area contributed by atoms with Crippen LogP contribution in [0.5, 0.6) is 0 Å². The van der Waals surface area contributed by atoms with Gasteiger partial charge < -0.3 is 0 Å². The van der Waals surface area contributed by atoms with Gasteiger partial charge in [-0.25, -0.2) is 0 Å². The first kappa shape index (κ1) is 5.23. The van der Waals surface area contributed by atoms with E-state index in [1.807, 2.05) is 0 Å². The molecule has 0 saturated carbocycles. The van der Waals surface area contributed by atoms with E-state index in [9.17, 15) is 13.3 Å². The predicted molar refractivity (Wildman–Crippen MR) is 14.4 cm³/mol. The summed E-state index contributed by atoms with van der Waals surface area (Å²) in [5.74, 6) is -1.81. The third-order valence-corrected chi connectivity index (χ3v) is 0.492. The van der Waals surface area contributed by atoms with Crippen LogP contribution in [-0.4, -0.2) is 5.29 Å². The highest BCUT2D eigenvalue weighted by atomic mass is 19.2. The molecule has 6 heteroatoms. The van der Waals surface area contributed by atoms with Crippen LogP contribution in [0.15, 0.2) is 12.0 Å².